The first kappa shape index (κ1) is 13.1. The minimum atomic E-state index is -1.74. The van der Waals surface area contributed by atoms with Gasteiger partial charge in [0.25, 0.3) is 0 Å². The molecule has 3 rings (SSSR count). The van der Waals surface area contributed by atoms with Gasteiger partial charge in [0.1, 0.15) is 8.07 Å². The van der Waals surface area contributed by atoms with E-state index in [-0.39, 0.29) is 5.78 Å². The fourth-order valence-corrected chi connectivity index (χ4v) is 5.08. The Balaban J connectivity index is 2.06. The Morgan fingerprint density at radius 1 is 0.950 bits per heavy atom. The van der Waals surface area contributed by atoms with Crippen molar-refractivity contribution in [2.45, 2.75) is 19.5 Å². The highest BCUT2D eigenvalue weighted by atomic mass is 28.3. The Morgan fingerprint density at radius 3 is 2.35 bits per heavy atom. The summed E-state index contributed by atoms with van der Waals surface area (Å²) >= 11 is 0. The summed E-state index contributed by atoms with van der Waals surface area (Å²) in [4.78, 5) is 12.3. The third-order valence-corrected chi connectivity index (χ3v) is 6.81. The zero-order valence-corrected chi connectivity index (χ0v) is 12.9. The molecule has 0 bridgehead atoms. The molecule has 0 saturated heterocycles. The zero-order valence-electron chi connectivity index (χ0n) is 11.9. The first-order chi connectivity index (χ1) is 9.58. The van der Waals surface area contributed by atoms with Gasteiger partial charge in [0.05, 0.1) is 0 Å². The van der Waals surface area contributed by atoms with Crippen LogP contribution in [0.2, 0.25) is 13.1 Å². The topological polar surface area (TPSA) is 17.1 Å². The second kappa shape index (κ2) is 4.87. The molecule has 2 aromatic carbocycles. The van der Waals surface area contributed by atoms with Crippen molar-refractivity contribution in [2.24, 2.45) is 0 Å². The molecule has 0 aromatic heterocycles. The van der Waals surface area contributed by atoms with Gasteiger partial charge >= 0.3 is 0 Å². The molecular formula is C18H18OSi. The average Bonchev–Trinajstić information content (AvgIpc) is 2.76. The Hall–Kier alpha value is -1.93. The number of fused-ring (bicyclic) bond motifs is 1. The van der Waals surface area contributed by atoms with Crippen molar-refractivity contribution in [1.82, 2.24) is 0 Å². The number of Topliss-reactive ketones (excluding diaryl/α,β-unsaturated/α-hetero) is 1. The first-order valence-electron chi connectivity index (χ1n) is 6.98. The van der Waals surface area contributed by atoms with Gasteiger partial charge in [-0.1, -0.05) is 78.6 Å². The van der Waals surface area contributed by atoms with E-state index in [1.54, 1.807) is 0 Å². The van der Waals surface area contributed by atoms with E-state index in [1.165, 1.54) is 10.8 Å². The third-order valence-electron chi connectivity index (χ3n) is 3.98. The highest BCUT2D eigenvalue weighted by Crippen LogP contribution is 2.30. The second-order valence-electron chi connectivity index (χ2n) is 5.90. The van der Waals surface area contributed by atoms with Gasteiger partial charge in [0.15, 0.2) is 5.78 Å². The van der Waals surface area contributed by atoms with Gasteiger partial charge in [0, 0.05) is 12.0 Å². The largest absolute Gasteiger partial charge is 0.294 e. The standard InChI is InChI=1S/C18H18OSi/c1-20(2,15-9-4-3-5-10-15)13-17-16-11-7-6-8-14(16)12-18(17)19/h3-11,13H,12H2,1-2H3/b17-13-. The van der Waals surface area contributed by atoms with E-state index in [4.69, 9.17) is 0 Å². The molecule has 0 spiro atoms. The van der Waals surface area contributed by atoms with Crippen LogP contribution in [0.4, 0.5) is 0 Å². The summed E-state index contributed by atoms with van der Waals surface area (Å²) in [5.41, 5.74) is 5.49. The van der Waals surface area contributed by atoms with E-state index in [0.29, 0.717) is 6.42 Å². The Morgan fingerprint density at radius 2 is 1.60 bits per heavy atom. The monoisotopic (exact) mass is 278 g/mol. The smallest absolute Gasteiger partial charge is 0.167 e. The fraction of sp³-hybridized carbons (Fsp3) is 0.167. The summed E-state index contributed by atoms with van der Waals surface area (Å²) < 4.78 is 0. The van der Waals surface area contributed by atoms with Crippen LogP contribution in [0.25, 0.3) is 5.57 Å². The van der Waals surface area contributed by atoms with Gasteiger partial charge in [-0.15, -0.1) is 0 Å². The van der Waals surface area contributed by atoms with Crippen LogP contribution in [-0.4, -0.2) is 13.9 Å². The Kier molecular flexibility index (Phi) is 3.18. The molecular weight excluding hydrogens is 260 g/mol. The molecule has 100 valence electrons. The number of rotatable bonds is 2. The first-order valence-corrected chi connectivity index (χ1v) is 10.1. The zero-order chi connectivity index (χ0) is 14.2. The molecule has 0 amide bonds. The highest BCUT2D eigenvalue weighted by molar-refractivity contribution is 6.95. The van der Waals surface area contributed by atoms with Crippen molar-refractivity contribution in [3.05, 3.63) is 71.4 Å². The quantitative estimate of drug-likeness (QED) is 0.608. The number of benzene rings is 2. The summed E-state index contributed by atoms with van der Waals surface area (Å²) in [5, 5.41) is 1.37. The van der Waals surface area contributed by atoms with Gasteiger partial charge in [-0.05, 0) is 11.1 Å². The lowest BCUT2D eigenvalue weighted by molar-refractivity contribution is -0.112. The SMILES string of the molecule is C[Si](C)(/C=C1\C(=O)Cc2ccccc21)c1ccccc1. The van der Waals surface area contributed by atoms with Crippen LogP contribution in [0.3, 0.4) is 0 Å². The molecule has 20 heavy (non-hydrogen) atoms. The number of allylic oxidation sites excluding steroid dienone is 1. The predicted octanol–water partition coefficient (Wildman–Crippen LogP) is 3.35. The van der Waals surface area contributed by atoms with Gasteiger partial charge in [-0.3, -0.25) is 4.79 Å². The van der Waals surface area contributed by atoms with Crippen LogP contribution < -0.4 is 5.19 Å². The van der Waals surface area contributed by atoms with Crippen molar-refractivity contribution >= 4 is 24.6 Å². The molecule has 0 saturated carbocycles. The van der Waals surface area contributed by atoms with E-state index in [1.807, 2.05) is 18.2 Å². The minimum absolute atomic E-state index is 0.266. The van der Waals surface area contributed by atoms with Crippen LogP contribution in [0.5, 0.6) is 0 Å². The summed E-state index contributed by atoms with van der Waals surface area (Å²) in [6.45, 7) is 4.59. The van der Waals surface area contributed by atoms with Crippen LogP contribution in [-0.2, 0) is 11.2 Å². The highest BCUT2D eigenvalue weighted by Gasteiger charge is 2.28. The average molecular weight is 278 g/mol. The van der Waals surface area contributed by atoms with E-state index >= 15 is 0 Å². The molecule has 1 nitrogen and oxygen atoms in total. The molecule has 0 atom stereocenters. The summed E-state index contributed by atoms with van der Waals surface area (Å²) in [6, 6.07) is 18.7. The van der Waals surface area contributed by atoms with Crippen molar-refractivity contribution in [1.29, 1.82) is 0 Å². The van der Waals surface area contributed by atoms with E-state index in [9.17, 15) is 4.79 Å². The van der Waals surface area contributed by atoms with Crippen molar-refractivity contribution in [3.63, 3.8) is 0 Å². The summed E-state index contributed by atoms with van der Waals surface area (Å²) in [5.74, 6) is 0.266. The van der Waals surface area contributed by atoms with Crippen LogP contribution >= 0.6 is 0 Å². The van der Waals surface area contributed by atoms with E-state index in [0.717, 1.165) is 11.1 Å². The molecule has 0 heterocycles. The van der Waals surface area contributed by atoms with Gasteiger partial charge < -0.3 is 0 Å². The summed E-state index contributed by atoms with van der Waals surface area (Å²) in [6.07, 6.45) is 0.557. The Labute approximate surface area is 121 Å². The van der Waals surface area contributed by atoms with Crippen LogP contribution in [0.1, 0.15) is 11.1 Å². The number of carbonyl (C=O) groups excluding carboxylic acids is 1. The molecule has 2 heteroatoms. The molecule has 0 N–H and O–H groups in total. The van der Waals surface area contributed by atoms with Gasteiger partial charge in [-0.25, -0.2) is 0 Å². The second-order valence-corrected chi connectivity index (χ2v) is 10.2. The molecule has 0 radical (unpaired) electrons. The minimum Gasteiger partial charge on any atom is -0.294 e. The fourth-order valence-electron chi connectivity index (χ4n) is 2.83. The third kappa shape index (κ3) is 2.27. The maximum atomic E-state index is 12.3. The molecule has 0 fully saturated rings. The lowest BCUT2D eigenvalue weighted by Crippen LogP contribution is -2.39. The van der Waals surface area contributed by atoms with Crippen molar-refractivity contribution < 1.29 is 4.79 Å². The van der Waals surface area contributed by atoms with Crippen LogP contribution in [0, 0.1) is 0 Å². The van der Waals surface area contributed by atoms with Gasteiger partial charge in [0.2, 0.25) is 0 Å². The number of ketones is 1. The predicted molar refractivity (Wildman–Crippen MR) is 86.7 cm³/mol. The molecule has 0 unspecified atom stereocenters. The van der Waals surface area contributed by atoms with Gasteiger partial charge in [-0.2, -0.15) is 0 Å². The molecule has 0 aliphatic heterocycles. The lowest BCUT2D eigenvalue weighted by atomic mass is 10.1. The number of carbonyl (C=O) groups is 1. The number of hydrogen-bond donors (Lipinski definition) is 0. The molecule has 1 aliphatic carbocycles. The van der Waals surface area contributed by atoms with Crippen molar-refractivity contribution in [3.8, 4) is 0 Å². The molecule has 1 aliphatic rings. The lowest BCUT2D eigenvalue weighted by Gasteiger charge is -2.19. The van der Waals surface area contributed by atoms with Crippen molar-refractivity contribution in [2.75, 3.05) is 0 Å². The van der Waals surface area contributed by atoms with E-state index < -0.39 is 8.07 Å². The maximum absolute atomic E-state index is 12.3. The van der Waals surface area contributed by atoms with E-state index in [2.05, 4.69) is 55.2 Å². The summed E-state index contributed by atoms with van der Waals surface area (Å²) in [7, 11) is -1.74. The Bertz CT molecular complexity index is 684. The van der Waals surface area contributed by atoms with Crippen LogP contribution in [0.15, 0.2) is 60.3 Å². The normalized spacial score (nSPS) is 16.5. The molecule has 2 aromatic rings. The maximum Gasteiger partial charge on any atom is 0.167 e. The number of hydrogen-bond acceptors (Lipinski definition) is 1.